The second kappa shape index (κ2) is 11.5. The standard InChI is InChI=1S/C21H30O3/c1-5-7-8-9-10-11-12-17(3)20(21(22)24-6-2)18-13-15-19(23-4)16-14-18/h11-16H,5-10H2,1-4H3/b12-11+,20-17-. The molecule has 1 aromatic rings. The fraction of sp³-hybridized carbons (Fsp3) is 0.476. The topological polar surface area (TPSA) is 35.5 Å². The zero-order chi connectivity index (χ0) is 17.8. The van der Waals surface area contributed by atoms with Crippen LogP contribution in [0.5, 0.6) is 5.75 Å². The number of methoxy groups -OCH3 is 1. The van der Waals surface area contributed by atoms with Gasteiger partial charge in [-0.2, -0.15) is 0 Å². The number of benzene rings is 1. The zero-order valence-electron chi connectivity index (χ0n) is 15.4. The van der Waals surface area contributed by atoms with Gasteiger partial charge in [-0.05, 0) is 50.0 Å². The second-order valence-electron chi connectivity index (χ2n) is 5.76. The van der Waals surface area contributed by atoms with E-state index in [0.29, 0.717) is 12.2 Å². The highest BCUT2D eigenvalue weighted by Crippen LogP contribution is 2.24. The van der Waals surface area contributed by atoms with Gasteiger partial charge in [-0.25, -0.2) is 4.79 Å². The zero-order valence-corrected chi connectivity index (χ0v) is 15.4. The summed E-state index contributed by atoms with van der Waals surface area (Å²) in [7, 11) is 1.63. The van der Waals surface area contributed by atoms with Gasteiger partial charge in [0.05, 0.1) is 19.3 Å². The lowest BCUT2D eigenvalue weighted by Crippen LogP contribution is -2.08. The van der Waals surface area contributed by atoms with E-state index in [4.69, 9.17) is 9.47 Å². The summed E-state index contributed by atoms with van der Waals surface area (Å²) in [4.78, 5) is 12.4. The molecule has 0 atom stereocenters. The van der Waals surface area contributed by atoms with E-state index in [9.17, 15) is 4.79 Å². The molecule has 0 aliphatic heterocycles. The number of hydrogen-bond acceptors (Lipinski definition) is 3. The molecule has 1 rings (SSSR count). The van der Waals surface area contributed by atoms with Crippen molar-refractivity contribution in [1.82, 2.24) is 0 Å². The van der Waals surface area contributed by atoms with Crippen molar-refractivity contribution < 1.29 is 14.3 Å². The van der Waals surface area contributed by atoms with Gasteiger partial charge >= 0.3 is 5.97 Å². The molecule has 24 heavy (non-hydrogen) atoms. The number of esters is 1. The van der Waals surface area contributed by atoms with Gasteiger partial charge in [0, 0.05) is 0 Å². The molecule has 0 saturated carbocycles. The number of carbonyl (C=O) groups excluding carboxylic acids is 1. The van der Waals surface area contributed by atoms with Gasteiger partial charge in [-0.1, -0.05) is 50.5 Å². The van der Waals surface area contributed by atoms with Crippen LogP contribution in [0.1, 0.15) is 58.4 Å². The van der Waals surface area contributed by atoms with Crippen LogP contribution in [0, 0.1) is 0 Å². The van der Waals surface area contributed by atoms with Crippen molar-refractivity contribution in [2.75, 3.05) is 13.7 Å². The summed E-state index contributed by atoms with van der Waals surface area (Å²) in [6, 6.07) is 7.50. The van der Waals surface area contributed by atoms with E-state index in [-0.39, 0.29) is 5.97 Å². The van der Waals surface area contributed by atoms with Crippen LogP contribution in [0.25, 0.3) is 5.57 Å². The maximum Gasteiger partial charge on any atom is 0.338 e. The van der Waals surface area contributed by atoms with Crippen LogP contribution in [0.4, 0.5) is 0 Å². The summed E-state index contributed by atoms with van der Waals surface area (Å²) >= 11 is 0. The largest absolute Gasteiger partial charge is 0.497 e. The second-order valence-corrected chi connectivity index (χ2v) is 5.76. The molecule has 1 aromatic carbocycles. The van der Waals surface area contributed by atoms with E-state index in [1.807, 2.05) is 44.2 Å². The van der Waals surface area contributed by atoms with Crippen LogP contribution in [-0.2, 0) is 9.53 Å². The minimum Gasteiger partial charge on any atom is -0.497 e. The predicted octanol–water partition coefficient (Wildman–Crippen LogP) is 5.56. The third kappa shape index (κ3) is 6.61. The highest BCUT2D eigenvalue weighted by molar-refractivity contribution is 6.17. The van der Waals surface area contributed by atoms with Crippen LogP contribution in [-0.4, -0.2) is 19.7 Å². The van der Waals surface area contributed by atoms with E-state index in [0.717, 1.165) is 23.3 Å². The number of allylic oxidation sites excluding steroid dienone is 3. The molecule has 0 heterocycles. The molecule has 0 aliphatic carbocycles. The number of hydrogen-bond donors (Lipinski definition) is 0. The smallest absolute Gasteiger partial charge is 0.338 e. The Morgan fingerprint density at radius 2 is 1.79 bits per heavy atom. The molecule has 0 unspecified atom stereocenters. The lowest BCUT2D eigenvalue weighted by molar-refractivity contribution is -0.136. The highest BCUT2D eigenvalue weighted by Gasteiger charge is 2.15. The first-order valence-corrected chi connectivity index (χ1v) is 8.83. The average Bonchev–Trinajstić information content (AvgIpc) is 2.59. The Balaban J connectivity index is 2.93. The summed E-state index contributed by atoms with van der Waals surface area (Å²) in [5.41, 5.74) is 2.39. The first-order valence-electron chi connectivity index (χ1n) is 8.83. The average molecular weight is 330 g/mol. The summed E-state index contributed by atoms with van der Waals surface area (Å²) in [6.45, 7) is 6.36. The lowest BCUT2D eigenvalue weighted by Gasteiger charge is -2.10. The van der Waals surface area contributed by atoms with Crippen LogP contribution in [0.3, 0.4) is 0 Å². The molecule has 0 bridgehead atoms. The summed E-state index contributed by atoms with van der Waals surface area (Å²) in [6.07, 6.45) is 10.2. The third-order valence-corrected chi connectivity index (χ3v) is 3.84. The molecular weight excluding hydrogens is 300 g/mol. The summed E-state index contributed by atoms with van der Waals surface area (Å²) in [5, 5.41) is 0. The molecule has 0 saturated heterocycles. The molecule has 0 fully saturated rings. The van der Waals surface area contributed by atoms with Crippen molar-refractivity contribution >= 4 is 11.5 Å². The summed E-state index contributed by atoms with van der Waals surface area (Å²) < 4.78 is 10.4. The Kier molecular flexibility index (Phi) is 9.59. The monoisotopic (exact) mass is 330 g/mol. The Hall–Kier alpha value is -2.03. The van der Waals surface area contributed by atoms with Crippen molar-refractivity contribution in [3.63, 3.8) is 0 Å². The van der Waals surface area contributed by atoms with Crippen LogP contribution >= 0.6 is 0 Å². The van der Waals surface area contributed by atoms with E-state index >= 15 is 0 Å². The van der Waals surface area contributed by atoms with Gasteiger partial charge in [-0.3, -0.25) is 0 Å². The van der Waals surface area contributed by atoms with Gasteiger partial charge in [0.25, 0.3) is 0 Å². The molecule has 0 spiro atoms. The quantitative estimate of drug-likeness (QED) is 0.244. The number of unbranched alkanes of at least 4 members (excludes halogenated alkanes) is 4. The first-order chi connectivity index (χ1) is 11.6. The minimum atomic E-state index is -0.282. The van der Waals surface area contributed by atoms with Crippen molar-refractivity contribution in [2.45, 2.75) is 52.9 Å². The third-order valence-electron chi connectivity index (χ3n) is 3.84. The Morgan fingerprint density at radius 3 is 2.38 bits per heavy atom. The van der Waals surface area contributed by atoms with Crippen molar-refractivity contribution in [2.24, 2.45) is 0 Å². The molecular formula is C21H30O3. The maximum atomic E-state index is 12.4. The minimum absolute atomic E-state index is 0.282. The molecule has 0 aliphatic rings. The first kappa shape index (κ1) is 20.0. The molecule has 0 radical (unpaired) electrons. The number of rotatable bonds is 10. The molecule has 3 nitrogen and oxygen atoms in total. The van der Waals surface area contributed by atoms with Crippen molar-refractivity contribution in [1.29, 1.82) is 0 Å². The van der Waals surface area contributed by atoms with Gasteiger partial charge in [-0.15, -0.1) is 0 Å². The number of ether oxygens (including phenoxy) is 2. The maximum absolute atomic E-state index is 12.4. The predicted molar refractivity (Wildman–Crippen MR) is 100 cm³/mol. The summed E-state index contributed by atoms with van der Waals surface area (Å²) in [5.74, 6) is 0.488. The normalized spacial score (nSPS) is 12.2. The van der Waals surface area contributed by atoms with Crippen LogP contribution in [0.2, 0.25) is 0 Å². The highest BCUT2D eigenvalue weighted by atomic mass is 16.5. The van der Waals surface area contributed by atoms with E-state index < -0.39 is 0 Å². The molecule has 0 aromatic heterocycles. The van der Waals surface area contributed by atoms with E-state index in [2.05, 4.69) is 13.0 Å². The van der Waals surface area contributed by atoms with E-state index in [1.165, 1.54) is 25.7 Å². The van der Waals surface area contributed by atoms with Gasteiger partial charge < -0.3 is 9.47 Å². The Labute approximate surface area is 146 Å². The molecule has 0 N–H and O–H groups in total. The SMILES string of the molecule is CCCCCC/C=C/C(C)=C(\C(=O)OCC)c1ccc(OC)cc1. The number of carbonyl (C=O) groups is 1. The van der Waals surface area contributed by atoms with Gasteiger partial charge in [0.1, 0.15) is 5.75 Å². The van der Waals surface area contributed by atoms with Crippen LogP contribution in [0.15, 0.2) is 42.0 Å². The molecule has 132 valence electrons. The molecule has 3 heteroatoms. The fourth-order valence-corrected chi connectivity index (χ4v) is 2.50. The Morgan fingerprint density at radius 1 is 1.08 bits per heavy atom. The van der Waals surface area contributed by atoms with Crippen molar-refractivity contribution in [3.8, 4) is 5.75 Å². The van der Waals surface area contributed by atoms with Gasteiger partial charge in [0.2, 0.25) is 0 Å². The molecule has 0 amide bonds. The van der Waals surface area contributed by atoms with E-state index in [1.54, 1.807) is 7.11 Å². The van der Waals surface area contributed by atoms with Crippen molar-refractivity contribution in [3.05, 3.63) is 47.6 Å². The Bertz CT molecular complexity index is 553. The van der Waals surface area contributed by atoms with Crippen LogP contribution < -0.4 is 4.74 Å². The lowest BCUT2D eigenvalue weighted by atomic mass is 10.00. The fourth-order valence-electron chi connectivity index (χ4n) is 2.50. The van der Waals surface area contributed by atoms with Gasteiger partial charge in [0.15, 0.2) is 0 Å².